The van der Waals surface area contributed by atoms with E-state index in [-0.39, 0.29) is 4.11 Å². The SMILES string of the molecule is Cc1ccc(Cl)c(OC(C)I)c1. The second-order valence-corrected chi connectivity index (χ2v) is 4.76. The zero-order valence-corrected chi connectivity index (χ0v) is 9.89. The van der Waals surface area contributed by atoms with Crippen molar-refractivity contribution in [3.05, 3.63) is 28.8 Å². The van der Waals surface area contributed by atoms with Gasteiger partial charge in [0.25, 0.3) is 0 Å². The fourth-order valence-electron chi connectivity index (χ4n) is 0.876. The Morgan fingerprint density at radius 2 is 2.17 bits per heavy atom. The highest BCUT2D eigenvalue weighted by Gasteiger charge is 2.03. The summed E-state index contributed by atoms with van der Waals surface area (Å²) in [5, 5.41) is 0.670. The number of aryl methyl sites for hydroxylation is 1. The molecule has 0 fully saturated rings. The largest absolute Gasteiger partial charge is 0.479 e. The summed E-state index contributed by atoms with van der Waals surface area (Å²) < 4.78 is 5.62. The van der Waals surface area contributed by atoms with E-state index < -0.39 is 0 Å². The van der Waals surface area contributed by atoms with Crippen LogP contribution in [-0.2, 0) is 0 Å². The minimum atomic E-state index is 0.141. The molecule has 1 aromatic carbocycles. The fraction of sp³-hybridized carbons (Fsp3) is 0.333. The minimum Gasteiger partial charge on any atom is -0.479 e. The molecule has 0 bridgehead atoms. The molecule has 66 valence electrons. The number of halogens is 2. The zero-order chi connectivity index (χ0) is 9.14. The Kier molecular flexibility index (Phi) is 3.65. The van der Waals surface area contributed by atoms with Gasteiger partial charge in [0.1, 0.15) is 9.86 Å². The Morgan fingerprint density at radius 3 is 2.75 bits per heavy atom. The molecule has 1 rings (SSSR count). The number of ether oxygens (including phenoxy) is 1. The van der Waals surface area contributed by atoms with Crippen LogP contribution in [0, 0.1) is 6.92 Å². The lowest BCUT2D eigenvalue weighted by Gasteiger charge is -2.10. The van der Waals surface area contributed by atoms with E-state index in [9.17, 15) is 0 Å². The third-order valence-electron chi connectivity index (χ3n) is 1.38. The van der Waals surface area contributed by atoms with Crippen LogP contribution in [0.3, 0.4) is 0 Å². The van der Waals surface area contributed by atoms with E-state index in [1.165, 1.54) is 0 Å². The Labute approximate surface area is 91.2 Å². The third kappa shape index (κ3) is 2.83. The smallest absolute Gasteiger partial charge is 0.146 e. The molecule has 0 aromatic heterocycles. The molecule has 0 saturated heterocycles. The maximum absolute atomic E-state index is 5.91. The number of benzene rings is 1. The highest BCUT2D eigenvalue weighted by atomic mass is 127. The van der Waals surface area contributed by atoms with Gasteiger partial charge in [0.05, 0.1) is 5.02 Å². The summed E-state index contributed by atoms with van der Waals surface area (Å²) in [6.07, 6.45) is 0. The lowest BCUT2D eigenvalue weighted by atomic mass is 10.2. The van der Waals surface area contributed by atoms with Crippen LogP contribution in [0.5, 0.6) is 5.75 Å². The Balaban J connectivity index is 2.90. The summed E-state index contributed by atoms with van der Waals surface area (Å²) in [6, 6.07) is 5.76. The van der Waals surface area contributed by atoms with E-state index >= 15 is 0 Å². The molecule has 0 saturated carbocycles. The first-order valence-electron chi connectivity index (χ1n) is 3.66. The van der Waals surface area contributed by atoms with Crippen LogP contribution in [0.1, 0.15) is 12.5 Å². The molecule has 0 radical (unpaired) electrons. The molecular formula is C9H10ClIO. The Hall–Kier alpha value is 0.0400. The van der Waals surface area contributed by atoms with Gasteiger partial charge in [-0.05, 0) is 54.1 Å². The summed E-state index contributed by atoms with van der Waals surface area (Å²) in [6.45, 7) is 3.99. The average Bonchev–Trinajstić information content (AvgIpc) is 1.96. The van der Waals surface area contributed by atoms with Gasteiger partial charge >= 0.3 is 0 Å². The van der Waals surface area contributed by atoms with E-state index in [4.69, 9.17) is 16.3 Å². The quantitative estimate of drug-likeness (QED) is 0.596. The van der Waals surface area contributed by atoms with Gasteiger partial charge in [-0.1, -0.05) is 17.7 Å². The third-order valence-corrected chi connectivity index (χ3v) is 1.94. The molecule has 0 N–H and O–H groups in total. The van der Waals surface area contributed by atoms with Gasteiger partial charge in [0, 0.05) is 0 Å². The molecule has 0 heterocycles. The van der Waals surface area contributed by atoms with Crippen molar-refractivity contribution in [2.75, 3.05) is 0 Å². The summed E-state index contributed by atoms with van der Waals surface area (Å²) in [5.74, 6) is 0.763. The number of alkyl halides is 1. The van der Waals surface area contributed by atoms with Crippen LogP contribution < -0.4 is 4.74 Å². The first kappa shape index (κ1) is 10.1. The van der Waals surface area contributed by atoms with Crippen molar-refractivity contribution in [3.8, 4) is 5.75 Å². The zero-order valence-electron chi connectivity index (χ0n) is 6.97. The van der Waals surface area contributed by atoms with Gasteiger partial charge in [-0.25, -0.2) is 0 Å². The molecule has 0 aliphatic carbocycles. The first-order chi connectivity index (χ1) is 5.59. The van der Waals surface area contributed by atoms with E-state index in [2.05, 4.69) is 22.6 Å². The molecule has 12 heavy (non-hydrogen) atoms. The van der Waals surface area contributed by atoms with E-state index in [0.29, 0.717) is 5.02 Å². The molecule has 3 heteroatoms. The van der Waals surface area contributed by atoms with Crippen LogP contribution >= 0.6 is 34.2 Å². The second-order valence-electron chi connectivity index (χ2n) is 2.59. The molecular weight excluding hydrogens is 286 g/mol. The van der Waals surface area contributed by atoms with Gasteiger partial charge in [0.15, 0.2) is 0 Å². The van der Waals surface area contributed by atoms with E-state index in [0.717, 1.165) is 11.3 Å². The van der Waals surface area contributed by atoms with Crippen LogP contribution in [-0.4, -0.2) is 4.11 Å². The van der Waals surface area contributed by atoms with Crippen molar-refractivity contribution in [1.82, 2.24) is 0 Å². The Morgan fingerprint density at radius 1 is 1.50 bits per heavy atom. The standard InChI is InChI=1S/C9H10ClIO/c1-6-3-4-8(10)9(5-6)12-7(2)11/h3-5,7H,1-2H3. The predicted molar refractivity (Wildman–Crippen MR) is 60.3 cm³/mol. The van der Waals surface area contributed by atoms with Crippen LogP contribution in [0.15, 0.2) is 18.2 Å². The molecule has 1 nitrogen and oxygen atoms in total. The second kappa shape index (κ2) is 4.33. The predicted octanol–water partition coefficient (Wildman–Crippen LogP) is 3.81. The number of hydrogen-bond acceptors (Lipinski definition) is 1. The first-order valence-corrected chi connectivity index (χ1v) is 5.29. The highest BCUT2D eigenvalue weighted by Crippen LogP contribution is 2.26. The highest BCUT2D eigenvalue weighted by molar-refractivity contribution is 14.1. The van der Waals surface area contributed by atoms with Crippen LogP contribution in [0.2, 0.25) is 5.02 Å². The molecule has 1 atom stereocenters. The summed E-state index contributed by atoms with van der Waals surface area (Å²) >= 11 is 8.11. The lowest BCUT2D eigenvalue weighted by Crippen LogP contribution is -2.01. The van der Waals surface area contributed by atoms with Gasteiger partial charge in [-0.3, -0.25) is 0 Å². The monoisotopic (exact) mass is 296 g/mol. The van der Waals surface area contributed by atoms with Crippen LogP contribution in [0.25, 0.3) is 0 Å². The Bertz CT molecular complexity index is 273. The molecule has 1 aromatic rings. The lowest BCUT2D eigenvalue weighted by molar-refractivity contribution is 0.322. The van der Waals surface area contributed by atoms with Gasteiger partial charge in [-0.15, -0.1) is 0 Å². The van der Waals surface area contributed by atoms with Crippen molar-refractivity contribution in [1.29, 1.82) is 0 Å². The molecule has 0 amide bonds. The summed E-state index contributed by atoms with van der Waals surface area (Å²) in [7, 11) is 0. The molecule has 0 aliphatic rings. The van der Waals surface area contributed by atoms with Gasteiger partial charge in [-0.2, -0.15) is 0 Å². The van der Waals surface area contributed by atoms with E-state index in [1.54, 1.807) is 0 Å². The summed E-state index contributed by atoms with van der Waals surface area (Å²) in [5.41, 5.74) is 1.16. The molecule has 0 aliphatic heterocycles. The summed E-state index contributed by atoms with van der Waals surface area (Å²) in [4.78, 5) is 0. The maximum atomic E-state index is 5.91. The number of rotatable bonds is 2. The maximum Gasteiger partial charge on any atom is 0.146 e. The van der Waals surface area contributed by atoms with Crippen molar-refractivity contribution in [2.45, 2.75) is 18.0 Å². The van der Waals surface area contributed by atoms with Crippen molar-refractivity contribution in [3.63, 3.8) is 0 Å². The van der Waals surface area contributed by atoms with Crippen LogP contribution in [0.4, 0.5) is 0 Å². The van der Waals surface area contributed by atoms with E-state index in [1.807, 2.05) is 32.0 Å². The van der Waals surface area contributed by atoms with Gasteiger partial charge in [0.2, 0.25) is 0 Å². The number of hydrogen-bond donors (Lipinski definition) is 0. The molecule has 0 spiro atoms. The van der Waals surface area contributed by atoms with Crippen molar-refractivity contribution in [2.24, 2.45) is 0 Å². The topological polar surface area (TPSA) is 9.23 Å². The molecule has 1 unspecified atom stereocenters. The average molecular weight is 297 g/mol. The van der Waals surface area contributed by atoms with Gasteiger partial charge < -0.3 is 4.74 Å². The van der Waals surface area contributed by atoms with Crippen molar-refractivity contribution < 1.29 is 4.74 Å². The van der Waals surface area contributed by atoms with Crippen molar-refractivity contribution >= 4 is 34.2 Å². The fourth-order valence-corrected chi connectivity index (χ4v) is 1.31. The normalized spacial score (nSPS) is 12.7. The minimum absolute atomic E-state index is 0.141.